The Morgan fingerprint density at radius 1 is 0.600 bits per heavy atom. The molecule has 0 amide bonds. The standard InChI is InChI=1S/C20H32/c1-12(17-7-13-2-3-14(6-13)8-17)18-10-19-15-4-5-16(9-15)20(19)11-18/h12-20H,2-11H2,1H3. The number of fused-ring (bicyclic) bond motifs is 7. The highest BCUT2D eigenvalue weighted by molar-refractivity contribution is 5.03. The van der Waals surface area contributed by atoms with Crippen LogP contribution in [0.1, 0.15) is 71.1 Å². The van der Waals surface area contributed by atoms with Crippen LogP contribution in [0, 0.1) is 53.3 Å². The molecular formula is C20H32. The summed E-state index contributed by atoms with van der Waals surface area (Å²) in [6.07, 6.45) is 16.1. The van der Waals surface area contributed by atoms with Gasteiger partial charge >= 0.3 is 0 Å². The van der Waals surface area contributed by atoms with E-state index in [1.165, 1.54) is 23.7 Å². The lowest BCUT2D eigenvalue weighted by atomic mass is 9.70. The lowest BCUT2D eigenvalue weighted by Gasteiger charge is -2.35. The molecule has 0 N–H and O–H groups in total. The Hall–Kier alpha value is 0. The lowest BCUT2D eigenvalue weighted by molar-refractivity contribution is 0.147. The maximum Gasteiger partial charge on any atom is -0.0352 e. The zero-order chi connectivity index (χ0) is 13.3. The van der Waals surface area contributed by atoms with Gasteiger partial charge in [-0.1, -0.05) is 19.8 Å². The second-order valence-corrected chi connectivity index (χ2v) is 9.53. The van der Waals surface area contributed by atoms with E-state index in [1.807, 2.05) is 0 Å². The van der Waals surface area contributed by atoms with Crippen LogP contribution in [0.5, 0.6) is 0 Å². The van der Waals surface area contributed by atoms with Gasteiger partial charge in [-0.05, 0) is 105 Å². The summed E-state index contributed by atoms with van der Waals surface area (Å²) in [6.45, 7) is 2.66. The third kappa shape index (κ3) is 1.78. The first-order valence-electron chi connectivity index (χ1n) is 9.78. The Kier molecular flexibility index (Phi) is 2.82. The van der Waals surface area contributed by atoms with Crippen LogP contribution in [0.15, 0.2) is 0 Å². The third-order valence-electron chi connectivity index (χ3n) is 8.83. The SMILES string of the molecule is CC(C1CC2CCC(C2)C1)C1CC2C3CCC(C3)C2C1. The van der Waals surface area contributed by atoms with Crippen molar-refractivity contribution in [2.75, 3.05) is 0 Å². The van der Waals surface area contributed by atoms with Crippen molar-refractivity contribution in [1.82, 2.24) is 0 Å². The molecule has 7 unspecified atom stereocenters. The van der Waals surface area contributed by atoms with Crippen LogP contribution in [-0.4, -0.2) is 0 Å². The van der Waals surface area contributed by atoms with Crippen LogP contribution in [0.2, 0.25) is 0 Å². The Labute approximate surface area is 125 Å². The molecule has 0 heterocycles. The Morgan fingerprint density at radius 2 is 1.15 bits per heavy atom. The van der Waals surface area contributed by atoms with Crippen molar-refractivity contribution in [3.63, 3.8) is 0 Å². The normalized spacial score (nSPS) is 58.0. The van der Waals surface area contributed by atoms with E-state index in [-0.39, 0.29) is 0 Å². The van der Waals surface area contributed by atoms with E-state index in [0.29, 0.717) is 0 Å². The summed E-state index contributed by atoms with van der Waals surface area (Å²) >= 11 is 0. The predicted octanol–water partition coefficient (Wildman–Crippen LogP) is 5.52. The van der Waals surface area contributed by atoms with E-state index in [2.05, 4.69) is 6.92 Å². The van der Waals surface area contributed by atoms with Gasteiger partial charge in [0.1, 0.15) is 0 Å². The van der Waals surface area contributed by atoms with Crippen molar-refractivity contribution in [1.29, 1.82) is 0 Å². The third-order valence-corrected chi connectivity index (χ3v) is 8.83. The molecule has 0 radical (unpaired) electrons. The van der Waals surface area contributed by atoms with Crippen LogP contribution >= 0.6 is 0 Å². The summed E-state index contributed by atoms with van der Waals surface area (Å²) in [6, 6.07) is 0. The van der Waals surface area contributed by atoms with Gasteiger partial charge in [0.25, 0.3) is 0 Å². The minimum atomic E-state index is 1.06. The van der Waals surface area contributed by atoms with Crippen LogP contribution in [0.3, 0.4) is 0 Å². The highest BCUT2D eigenvalue weighted by atomic mass is 14.6. The molecule has 20 heavy (non-hydrogen) atoms. The van der Waals surface area contributed by atoms with Gasteiger partial charge in [0, 0.05) is 0 Å². The maximum atomic E-state index is 2.66. The molecule has 0 aromatic rings. The molecule has 5 aliphatic rings. The number of rotatable bonds is 2. The van der Waals surface area contributed by atoms with Gasteiger partial charge in [0.15, 0.2) is 0 Å². The summed E-state index contributed by atoms with van der Waals surface area (Å²) in [5.41, 5.74) is 0. The molecule has 0 saturated heterocycles. The Morgan fingerprint density at radius 3 is 1.75 bits per heavy atom. The summed E-state index contributed by atoms with van der Waals surface area (Å²) in [5.74, 6) is 10.3. The number of hydrogen-bond donors (Lipinski definition) is 0. The average molecular weight is 272 g/mol. The first-order chi connectivity index (χ1) is 9.78. The van der Waals surface area contributed by atoms with E-state index in [9.17, 15) is 0 Å². The van der Waals surface area contributed by atoms with Crippen LogP contribution in [-0.2, 0) is 0 Å². The number of hydrogen-bond acceptors (Lipinski definition) is 0. The summed E-state index contributed by atoms with van der Waals surface area (Å²) in [4.78, 5) is 0. The summed E-state index contributed by atoms with van der Waals surface area (Å²) < 4.78 is 0. The second kappa shape index (κ2) is 4.50. The van der Waals surface area contributed by atoms with Crippen molar-refractivity contribution in [3.05, 3.63) is 0 Å². The molecule has 0 nitrogen and oxygen atoms in total. The molecule has 0 aliphatic heterocycles. The van der Waals surface area contributed by atoms with Gasteiger partial charge in [-0.2, -0.15) is 0 Å². The topological polar surface area (TPSA) is 0 Å². The van der Waals surface area contributed by atoms with E-state index < -0.39 is 0 Å². The predicted molar refractivity (Wildman–Crippen MR) is 83.3 cm³/mol. The molecule has 0 spiro atoms. The first-order valence-corrected chi connectivity index (χ1v) is 9.78. The minimum absolute atomic E-state index is 1.06. The Balaban J connectivity index is 1.27. The highest BCUT2D eigenvalue weighted by Crippen LogP contribution is 2.62. The Bertz CT molecular complexity index is 355. The lowest BCUT2D eigenvalue weighted by Crippen LogP contribution is -2.26. The van der Waals surface area contributed by atoms with Gasteiger partial charge in [0.2, 0.25) is 0 Å². The molecule has 112 valence electrons. The monoisotopic (exact) mass is 272 g/mol. The highest BCUT2D eigenvalue weighted by Gasteiger charge is 2.53. The van der Waals surface area contributed by atoms with E-state index in [1.54, 1.807) is 64.2 Å². The molecule has 5 fully saturated rings. The molecule has 5 rings (SSSR count). The van der Waals surface area contributed by atoms with E-state index in [0.717, 1.165) is 29.6 Å². The zero-order valence-corrected chi connectivity index (χ0v) is 13.3. The van der Waals surface area contributed by atoms with Crippen LogP contribution in [0.4, 0.5) is 0 Å². The fourth-order valence-corrected chi connectivity index (χ4v) is 7.86. The summed E-state index contributed by atoms with van der Waals surface area (Å²) in [5, 5.41) is 0. The largest absolute Gasteiger partial charge is 0.0620 e. The van der Waals surface area contributed by atoms with Gasteiger partial charge in [-0.15, -0.1) is 0 Å². The van der Waals surface area contributed by atoms with Gasteiger partial charge < -0.3 is 0 Å². The second-order valence-electron chi connectivity index (χ2n) is 9.53. The van der Waals surface area contributed by atoms with Crippen molar-refractivity contribution >= 4 is 0 Å². The average Bonchev–Trinajstić information content (AvgIpc) is 3.18. The summed E-state index contributed by atoms with van der Waals surface area (Å²) in [7, 11) is 0. The van der Waals surface area contributed by atoms with Gasteiger partial charge in [0.05, 0.1) is 0 Å². The molecule has 0 aromatic carbocycles. The van der Waals surface area contributed by atoms with Gasteiger partial charge in [-0.3, -0.25) is 0 Å². The maximum absolute atomic E-state index is 2.66. The zero-order valence-electron chi connectivity index (χ0n) is 13.3. The molecule has 5 aliphatic carbocycles. The van der Waals surface area contributed by atoms with Crippen molar-refractivity contribution in [2.24, 2.45) is 53.3 Å². The molecule has 0 heteroatoms. The van der Waals surface area contributed by atoms with Crippen molar-refractivity contribution < 1.29 is 0 Å². The van der Waals surface area contributed by atoms with E-state index >= 15 is 0 Å². The van der Waals surface area contributed by atoms with Crippen molar-refractivity contribution in [3.8, 4) is 0 Å². The fourth-order valence-electron chi connectivity index (χ4n) is 7.86. The molecule has 4 bridgehead atoms. The smallest absolute Gasteiger partial charge is 0.0352 e. The quantitative estimate of drug-likeness (QED) is 0.621. The molecule has 0 aromatic heterocycles. The van der Waals surface area contributed by atoms with Crippen molar-refractivity contribution in [2.45, 2.75) is 71.1 Å². The van der Waals surface area contributed by atoms with E-state index in [4.69, 9.17) is 0 Å². The van der Waals surface area contributed by atoms with Crippen LogP contribution in [0.25, 0.3) is 0 Å². The molecule has 5 saturated carbocycles. The fraction of sp³-hybridized carbons (Fsp3) is 1.00. The molecular weight excluding hydrogens is 240 g/mol. The minimum Gasteiger partial charge on any atom is -0.0620 e. The van der Waals surface area contributed by atoms with Gasteiger partial charge in [-0.25, -0.2) is 0 Å². The van der Waals surface area contributed by atoms with Crippen LogP contribution < -0.4 is 0 Å². The first kappa shape index (κ1) is 12.5. The molecule has 7 atom stereocenters.